The van der Waals surface area contributed by atoms with Crippen LogP contribution in [0.3, 0.4) is 0 Å². The molecule has 0 radical (unpaired) electrons. The van der Waals surface area contributed by atoms with E-state index in [1.165, 1.54) is 0 Å². The molecule has 0 aliphatic carbocycles. The first kappa shape index (κ1) is 13.5. The SMILES string of the molecule is CB(O)NCC(CC(N)=O)CC(C)C. The molecule has 82 valence electrons. The van der Waals surface area contributed by atoms with E-state index in [1.54, 1.807) is 6.82 Å². The number of nitrogens with two attached hydrogens (primary N) is 1. The number of primary amides is 1. The summed E-state index contributed by atoms with van der Waals surface area (Å²) in [6, 6.07) is 0. The number of nitrogens with one attached hydrogen (secondary N) is 1. The quantitative estimate of drug-likeness (QED) is 0.514. The van der Waals surface area contributed by atoms with Crippen molar-refractivity contribution in [3.05, 3.63) is 0 Å². The summed E-state index contributed by atoms with van der Waals surface area (Å²) in [4.78, 5) is 10.8. The van der Waals surface area contributed by atoms with Gasteiger partial charge < -0.3 is 16.0 Å². The second-order valence-corrected chi connectivity index (χ2v) is 4.25. The molecule has 0 heterocycles. The molecule has 0 spiro atoms. The molecule has 1 atom stereocenters. The zero-order valence-corrected chi connectivity index (χ0v) is 9.29. The Balaban J connectivity index is 3.90. The van der Waals surface area contributed by atoms with Gasteiger partial charge in [0.25, 0.3) is 0 Å². The van der Waals surface area contributed by atoms with Gasteiger partial charge in [-0.1, -0.05) is 13.8 Å². The summed E-state index contributed by atoms with van der Waals surface area (Å²) in [7, 11) is -0.530. The minimum absolute atomic E-state index is 0.224. The lowest BCUT2D eigenvalue weighted by atomic mass is 9.86. The Morgan fingerprint density at radius 2 is 2.14 bits per heavy atom. The fourth-order valence-electron chi connectivity index (χ4n) is 1.53. The zero-order valence-electron chi connectivity index (χ0n) is 9.29. The van der Waals surface area contributed by atoms with Gasteiger partial charge in [0.1, 0.15) is 0 Å². The van der Waals surface area contributed by atoms with Crippen LogP contribution < -0.4 is 11.0 Å². The van der Waals surface area contributed by atoms with Crippen molar-refractivity contribution in [3.63, 3.8) is 0 Å². The van der Waals surface area contributed by atoms with Gasteiger partial charge in [-0.05, 0) is 31.6 Å². The third kappa shape index (κ3) is 8.07. The molecular formula is C9H21BN2O2. The second kappa shape index (κ2) is 6.84. The first-order valence-electron chi connectivity index (χ1n) is 5.11. The predicted octanol–water partition coefficient (Wildman–Crippen LogP) is 0.224. The lowest BCUT2D eigenvalue weighted by Gasteiger charge is -2.18. The van der Waals surface area contributed by atoms with Crippen molar-refractivity contribution >= 4 is 13.0 Å². The number of hydrogen-bond acceptors (Lipinski definition) is 3. The molecule has 0 aliphatic heterocycles. The van der Waals surface area contributed by atoms with E-state index < -0.39 is 7.05 Å². The maximum atomic E-state index is 10.8. The van der Waals surface area contributed by atoms with Crippen LogP contribution in [0.5, 0.6) is 0 Å². The fourth-order valence-corrected chi connectivity index (χ4v) is 1.53. The summed E-state index contributed by atoms with van der Waals surface area (Å²) in [6.07, 6.45) is 1.33. The fraction of sp³-hybridized carbons (Fsp3) is 0.889. The highest BCUT2D eigenvalue weighted by Gasteiger charge is 2.15. The van der Waals surface area contributed by atoms with E-state index in [-0.39, 0.29) is 11.8 Å². The van der Waals surface area contributed by atoms with Gasteiger partial charge >= 0.3 is 7.05 Å². The number of carbonyl (C=O) groups excluding carboxylic acids is 1. The van der Waals surface area contributed by atoms with Gasteiger partial charge in [0, 0.05) is 6.42 Å². The highest BCUT2D eigenvalue weighted by atomic mass is 16.2. The van der Waals surface area contributed by atoms with Crippen molar-refractivity contribution in [2.45, 2.75) is 33.5 Å². The number of hydrogen-bond donors (Lipinski definition) is 3. The average Bonchev–Trinajstić information content (AvgIpc) is 1.97. The molecule has 1 unspecified atom stereocenters. The average molecular weight is 200 g/mol. The van der Waals surface area contributed by atoms with E-state index in [9.17, 15) is 4.79 Å². The summed E-state index contributed by atoms with van der Waals surface area (Å²) in [6.45, 7) is 6.52. The number of rotatable bonds is 7. The van der Waals surface area contributed by atoms with Gasteiger partial charge in [0.15, 0.2) is 0 Å². The molecule has 0 bridgehead atoms. The van der Waals surface area contributed by atoms with Crippen LogP contribution in [0.2, 0.25) is 6.82 Å². The molecule has 4 nitrogen and oxygen atoms in total. The van der Waals surface area contributed by atoms with E-state index in [0.29, 0.717) is 18.9 Å². The summed E-state index contributed by atoms with van der Waals surface area (Å²) in [5, 5.41) is 11.9. The van der Waals surface area contributed by atoms with E-state index in [0.717, 1.165) is 6.42 Å². The molecule has 0 rings (SSSR count). The summed E-state index contributed by atoms with van der Waals surface area (Å²) in [5.41, 5.74) is 5.15. The molecule has 1 amide bonds. The largest absolute Gasteiger partial charge is 0.437 e. The predicted molar refractivity (Wildman–Crippen MR) is 58.6 cm³/mol. The Morgan fingerprint density at radius 3 is 2.50 bits per heavy atom. The first-order valence-corrected chi connectivity index (χ1v) is 5.11. The van der Waals surface area contributed by atoms with Crippen LogP contribution in [0, 0.1) is 11.8 Å². The molecule has 0 saturated heterocycles. The van der Waals surface area contributed by atoms with Crippen LogP contribution in [0.15, 0.2) is 0 Å². The van der Waals surface area contributed by atoms with Gasteiger partial charge in [-0.3, -0.25) is 4.79 Å². The Hall–Kier alpha value is -0.545. The number of carbonyl (C=O) groups is 1. The summed E-state index contributed by atoms with van der Waals surface area (Å²) in [5.74, 6) is 0.486. The van der Waals surface area contributed by atoms with Crippen LogP contribution in [-0.4, -0.2) is 24.5 Å². The molecule has 0 aromatic rings. The topological polar surface area (TPSA) is 75.3 Å². The first-order chi connectivity index (χ1) is 6.41. The highest BCUT2D eigenvalue weighted by Crippen LogP contribution is 2.14. The summed E-state index contributed by atoms with van der Waals surface area (Å²) >= 11 is 0. The Kier molecular flexibility index (Phi) is 6.58. The molecule has 0 saturated carbocycles. The van der Waals surface area contributed by atoms with Crippen molar-refractivity contribution < 1.29 is 9.82 Å². The van der Waals surface area contributed by atoms with Crippen LogP contribution in [0.25, 0.3) is 0 Å². The summed E-state index contributed by atoms with van der Waals surface area (Å²) < 4.78 is 0. The molecule has 5 heteroatoms. The van der Waals surface area contributed by atoms with Crippen LogP contribution >= 0.6 is 0 Å². The maximum Gasteiger partial charge on any atom is 0.373 e. The van der Waals surface area contributed by atoms with Gasteiger partial charge in [-0.25, -0.2) is 0 Å². The smallest absolute Gasteiger partial charge is 0.373 e. The van der Waals surface area contributed by atoms with Gasteiger partial charge in [-0.2, -0.15) is 0 Å². The maximum absolute atomic E-state index is 10.8. The van der Waals surface area contributed by atoms with Crippen molar-refractivity contribution in [1.82, 2.24) is 5.23 Å². The lowest BCUT2D eigenvalue weighted by Crippen LogP contribution is -2.36. The third-order valence-electron chi connectivity index (χ3n) is 2.00. The van der Waals surface area contributed by atoms with E-state index in [1.807, 2.05) is 0 Å². The molecule has 0 aromatic carbocycles. The van der Waals surface area contributed by atoms with Gasteiger partial charge in [0.2, 0.25) is 5.91 Å². The van der Waals surface area contributed by atoms with Crippen molar-refractivity contribution in [1.29, 1.82) is 0 Å². The van der Waals surface area contributed by atoms with E-state index in [4.69, 9.17) is 10.8 Å². The number of amides is 1. The molecule has 4 N–H and O–H groups in total. The molecular weight excluding hydrogens is 179 g/mol. The highest BCUT2D eigenvalue weighted by molar-refractivity contribution is 6.45. The van der Waals surface area contributed by atoms with E-state index >= 15 is 0 Å². The molecule has 0 aromatic heterocycles. The van der Waals surface area contributed by atoms with Gasteiger partial charge in [0.05, 0.1) is 0 Å². The van der Waals surface area contributed by atoms with Crippen LogP contribution in [0.1, 0.15) is 26.7 Å². The lowest BCUT2D eigenvalue weighted by molar-refractivity contribution is -0.119. The van der Waals surface area contributed by atoms with E-state index in [2.05, 4.69) is 19.1 Å². The van der Waals surface area contributed by atoms with Gasteiger partial charge in [-0.15, -0.1) is 0 Å². The molecule has 0 aliphatic rings. The van der Waals surface area contributed by atoms with Crippen LogP contribution in [0.4, 0.5) is 0 Å². The third-order valence-corrected chi connectivity index (χ3v) is 2.00. The minimum atomic E-state index is -0.530. The Morgan fingerprint density at radius 1 is 1.57 bits per heavy atom. The normalized spacial score (nSPS) is 12.9. The Bertz CT molecular complexity index is 174. The standard InChI is InChI=1S/C9H21BN2O2/c1-7(2)4-8(5-9(11)13)6-12-10(3)14/h7-8,12,14H,4-6H2,1-3H3,(H2,11,13). The molecule has 0 fully saturated rings. The monoisotopic (exact) mass is 200 g/mol. The molecule has 14 heavy (non-hydrogen) atoms. The van der Waals surface area contributed by atoms with Crippen molar-refractivity contribution in [2.24, 2.45) is 17.6 Å². The minimum Gasteiger partial charge on any atom is -0.437 e. The Labute approximate surface area is 86.4 Å². The van der Waals surface area contributed by atoms with Crippen molar-refractivity contribution in [2.75, 3.05) is 6.54 Å². The van der Waals surface area contributed by atoms with Crippen molar-refractivity contribution in [3.8, 4) is 0 Å². The van der Waals surface area contributed by atoms with Crippen LogP contribution in [-0.2, 0) is 4.79 Å². The second-order valence-electron chi connectivity index (χ2n) is 4.25. The zero-order chi connectivity index (χ0) is 11.1.